The fourth-order valence-electron chi connectivity index (χ4n) is 1.59. The summed E-state index contributed by atoms with van der Waals surface area (Å²) in [6, 6.07) is 1.33. The molecule has 0 radical (unpaired) electrons. The third-order valence-electron chi connectivity index (χ3n) is 2.48. The van der Waals surface area contributed by atoms with Crippen molar-refractivity contribution in [3.05, 3.63) is 18.1 Å². The smallest absolute Gasteiger partial charge is 0.249 e. The predicted octanol–water partition coefficient (Wildman–Crippen LogP) is -0.800. The lowest BCUT2D eigenvalue weighted by Crippen LogP contribution is -2.57. The number of carbonyl (C=O) groups is 2. The Kier molecular flexibility index (Phi) is 2.70. The number of carbonyl (C=O) groups excluding carboxylic acids is 2. The Hall–Kier alpha value is -2.49. The van der Waals surface area contributed by atoms with Crippen LogP contribution in [0.25, 0.3) is 0 Å². The second kappa shape index (κ2) is 4.17. The maximum atomic E-state index is 11.5. The molecular formula is C10H9N5O2. The molecule has 17 heavy (non-hydrogen) atoms. The van der Waals surface area contributed by atoms with Crippen molar-refractivity contribution in [3.8, 4) is 6.07 Å². The van der Waals surface area contributed by atoms with Crippen molar-refractivity contribution in [2.75, 3.05) is 11.4 Å². The lowest BCUT2D eigenvalue weighted by atomic mass is 10.2. The van der Waals surface area contributed by atoms with E-state index in [0.717, 1.165) is 0 Å². The van der Waals surface area contributed by atoms with Crippen molar-refractivity contribution < 1.29 is 9.59 Å². The topological polar surface area (TPSA) is 99.0 Å². The van der Waals surface area contributed by atoms with Gasteiger partial charge >= 0.3 is 0 Å². The van der Waals surface area contributed by atoms with E-state index in [4.69, 9.17) is 5.26 Å². The zero-order valence-corrected chi connectivity index (χ0v) is 9.04. The molecule has 0 spiro atoms. The normalized spacial score (nSPS) is 19.8. The van der Waals surface area contributed by atoms with Crippen LogP contribution < -0.4 is 10.2 Å². The average molecular weight is 231 g/mol. The van der Waals surface area contributed by atoms with E-state index in [1.165, 1.54) is 17.3 Å². The molecule has 1 aliphatic heterocycles. The highest BCUT2D eigenvalue weighted by Crippen LogP contribution is 2.18. The van der Waals surface area contributed by atoms with E-state index in [1.807, 2.05) is 6.07 Å². The largest absolute Gasteiger partial charge is 0.333 e. The molecule has 86 valence electrons. The molecule has 1 aromatic heterocycles. The van der Waals surface area contributed by atoms with Gasteiger partial charge in [-0.25, -0.2) is 9.97 Å². The molecule has 1 aliphatic rings. The van der Waals surface area contributed by atoms with Gasteiger partial charge in [0.1, 0.15) is 12.1 Å². The van der Waals surface area contributed by atoms with Crippen LogP contribution in [-0.4, -0.2) is 34.4 Å². The molecular weight excluding hydrogens is 222 g/mol. The van der Waals surface area contributed by atoms with Crippen LogP contribution in [0.3, 0.4) is 0 Å². The number of hydrogen-bond donors (Lipinski definition) is 1. The number of nitrogens with zero attached hydrogens (tertiary/aromatic N) is 4. The number of nitrogens with one attached hydrogen (secondary N) is 1. The zero-order valence-electron chi connectivity index (χ0n) is 9.04. The third-order valence-corrected chi connectivity index (χ3v) is 2.48. The van der Waals surface area contributed by atoms with Crippen LogP contribution >= 0.6 is 0 Å². The number of imide groups is 1. The number of anilines is 1. The Balaban J connectivity index is 2.42. The van der Waals surface area contributed by atoms with E-state index in [9.17, 15) is 9.59 Å². The Morgan fingerprint density at radius 3 is 2.88 bits per heavy atom. The van der Waals surface area contributed by atoms with Crippen molar-refractivity contribution in [3.63, 3.8) is 0 Å². The highest BCUT2D eigenvalue weighted by Gasteiger charge is 2.32. The van der Waals surface area contributed by atoms with Crippen LogP contribution in [0.1, 0.15) is 12.6 Å². The maximum absolute atomic E-state index is 11.5. The summed E-state index contributed by atoms with van der Waals surface area (Å²) in [5.74, 6) is -0.566. The van der Waals surface area contributed by atoms with Gasteiger partial charge in [0.05, 0.1) is 6.54 Å². The third kappa shape index (κ3) is 1.92. The van der Waals surface area contributed by atoms with Crippen molar-refractivity contribution in [2.24, 2.45) is 0 Å². The second-order valence-electron chi connectivity index (χ2n) is 3.56. The summed E-state index contributed by atoms with van der Waals surface area (Å²) in [4.78, 5) is 32.1. The summed E-state index contributed by atoms with van der Waals surface area (Å²) in [7, 11) is 0. The van der Waals surface area contributed by atoms with E-state index in [2.05, 4.69) is 15.3 Å². The lowest BCUT2D eigenvalue weighted by molar-refractivity contribution is -0.132. The van der Waals surface area contributed by atoms with Gasteiger partial charge in [-0.05, 0) is 6.92 Å². The minimum atomic E-state index is -0.559. The number of rotatable bonds is 1. The monoisotopic (exact) mass is 231 g/mol. The molecule has 1 atom stereocenters. The van der Waals surface area contributed by atoms with Crippen LogP contribution in [0.5, 0.6) is 0 Å². The summed E-state index contributed by atoms with van der Waals surface area (Å²) >= 11 is 0. The summed E-state index contributed by atoms with van der Waals surface area (Å²) in [5, 5.41) is 11.1. The van der Waals surface area contributed by atoms with Crippen LogP contribution in [0.4, 0.5) is 5.82 Å². The quantitative estimate of drug-likeness (QED) is 0.635. The number of piperazine rings is 1. The first-order valence-electron chi connectivity index (χ1n) is 4.95. The van der Waals surface area contributed by atoms with Gasteiger partial charge in [-0.3, -0.25) is 14.9 Å². The second-order valence-corrected chi connectivity index (χ2v) is 3.56. The van der Waals surface area contributed by atoms with Gasteiger partial charge in [0.15, 0.2) is 11.5 Å². The van der Waals surface area contributed by atoms with Crippen molar-refractivity contribution in [1.82, 2.24) is 15.3 Å². The van der Waals surface area contributed by atoms with Gasteiger partial charge in [0.25, 0.3) is 0 Å². The summed E-state index contributed by atoms with van der Waals surface area (Å²) in [5.41, 5.74) is 0.0989. The Morgan fingerprint density at radius 1 is 1.47 bits per heavy atom. The van der Waals surface area contributed by atoms with Crippen molar-refractivity contribution in [1.29, 1.82) is 5.26 Å². The van der Waals surface area contributed by atoms with Gasteiger partial charge in [0, 0.05) is 12.4 Å². The molecule has 0 aliphatic carbocycles. The summed E-state index contributed by atoms with van der Waals surface area (Å²) < 4.78 is 0. The first-order chi connectivity index (χ1) is 8.13. The summed E-state index contributed by atoms with van der Waals surface area (Å²) in [6.07, 6.45) is 2.80. The zero-order chi connectivity index (χ0) is 12.4. The minimum Gasteiger partial charge on any atom is -0.333 e. The van der Waals surface area contributed by atoms with Gasteiger partial charge in [-0.15, -0.1) is 0 Å². The fourth-order valence-corrected chi connectivity index (χ4v) is 1.59. The van der Waals surface area contributed by atoms with Gasteiger partial charge < -0.3 is 4.90 Å². The minimum absolute atomic E-state index is 0.0136. The van der Waals surface area contributed by atoms with Crippen LogP contribution in [0.2, 0.25) is 0 Å². The van der Waals surface area contributed by atoms with Crippen molar-refractivity contribution >= 4 is 17.6 Å². The maximum Gasteiger partial charge on any atom is 0.249 e. The molecule has 0 bridgehead atoms. The number of aromatic nitrogens is 2. The fraction of sp³-hybridized carbons (Fsp3) is 0.300. The van der Waals surface area contributed by atoms with E-state index in [0.29, 0.717) is 0 Å². The molecule has 0 saturated carbocycles. The predicted molar refractivity (Wildman–Crippen MR) is 56.7 cm³/mol. The standard InChI is InChI=1S/C10H9N5O2/c1-6-10(17)14-8(16)5-15(6)9-7(4-11)12-2-3-13-9/h2-3,6H,5H2,1H3,(H,14,16,17). The highest BCUT2D eigenvalue weighted by atomic mass is 16.2. The Bertz CT molecular complexity index is 522. The SMILES string of the molecule is CC1C(=O)NC(=O)CN1c1nccnc1C#N. The molecule has 7 nitrogen and oxygen atoms in total. The van der Waals surface area contributed by atoms with Crippen molar-refractivity contribution in [2.45, 2.75) is 13.0 Å². The molecule has 0 aromatic carbocycles. The molecule has 7 heteroatoms. The number of nitriles is 1. The molecule has 2 heterocycles. The van der Waals surface area contributed by atoms with Crippen LogP contribution in [-0.2, 0) is 9.59 Å². The molecule has 1 N–H and O–H groups in total. The van der Waals surface area contributed by atoms with Gasteiger partial charge in [0.2, 0.25) is 11.8 Å². The van der Waals surface area contributed by atoms with E-state index in [-0.39, 0.29) is 18.1 Å². The molecule has 2 amide bonds. The molecule has 1 fully saturated rings. The Morgan fingerprint density at radius 2 is 2.18 bits per heavy atom. The van der Waals surface area contributed by atoms with Gasteiger partial charge in [-0.1, -0.05) is 0 Å². The highest BCUT2D eigenvalue weighted by molar-refractivity contribution is 6.04. The number of amides is 2. The lowest BCUT2D eigenvalue weighted by Gasteiger charge is -2.32. The van der Waals surface area contributed by atoms with E-state index < -0.39 is 17.9 Å². The van der Waals surface area contributed by atoms with E-state index >= 15 is 0 Å². The molecule has 1 aromatic rings. The van der Waals surface area contributed by atoms with Crippen LogP contribution in [0, 0.1) is 11.3 Å². The molecule has 1 saturated heterocycles. The first-order valence-corrected chi connectivity index (χ1v) is 4.95. The number of hydrogen-bond acceptors (Lipinski definition) is 6. The summed E-state index contributed by atoms with van der Waals surface area (Å²) in [6.45, 7) is 1.62. The van der Waals surface area contributed by atoms with Gasteiger partial charge in [-0.2, -0.15) is 5.26 Å². The van der Waals surface area contributed by atoms with Crippen LogP contribution in [0.15, 0.2) is 12.4 Å². The van der Waals surface area contributed by atoms with E-state index in [1.54, 1.807) is 6.92 Å². The molecule has 1 unspecified atom stereocenters. The first kappa shape index (κ1) is 11.0. The molecule has 2 rings (SSSR count). The average Bonchev–Trinajstić information content (AvgIpc) is 2.33. The Labute approximate surface area is 97.1 Å².